The van der Waals surface area contributed by atoms with Gasteiger partial charge in [-0.25, -0.2) is 0 Å². The van der Waals surface area contributed by atoms with Crippen LogP contribution in [0.1, 0.15) is 0 Å². The summed E-state index contributed by atoms with van der Waals surface area (Å²) in [4.78, 5) is 0. The van der Waals surface area contributed by atoms with Crippen LogP contribution in [-0.2, 0) is 34.1 Å². The first-order valence-corrected chi connectivity index (χ1v) is 38.2. The van der Waals surface area contributed by atoms with Gasteiger partial charge in [0.05, 0.1) is 0 Å². The van der Waals surface area contributed by atoms with E-state index in [0.717, 1.165) is 0 Å². The normalized spacial score (nSPS) is 10.6. The minimum absolute atomic E-state index is 0. The average molecular weight is 1390 g/mol. The molecule has 0 amide bonds. The molecular weight excluding hydrogens is 1320 g/mol. The largest absolute Gasteiger partial charge is 1.00 e. The fourth-order valence-electron chi connectivity index (χ4n) is 10.3. The number of hydrogen-bond acceptors (Lipinski definition) is 0. The van der Waals surface area contributed by atoms with Crippen molar-refractivity contribution in [3.8, 4) is 0 Å². The Morgan fingerprint density at radius 1 is 0.125 bits per heavy atom. The summed E-state index contributed by atoms with van der Waals surface area (Å²) >= 11 is 0. The summed E-state index contributed by atoms with van der Waals surface area (Å²) in [6.07, 6.45) is 7.24. The maximum atomic E-state index is 2.30. The van der Waals surface area contributed by atoms with Gasteiger partial charge in [-0.3, -0.25) is 0 Å². The molecule has 12 aromatic carbocycles. The predicted octanol–water partition coefficient (Wildman–Crippen LogP) is 9.76. The van der Waals surface area contributed by atoms with E-state index in [4.69, 9.17) is 0 Å². The van der Waals surface area contributed by atoms with Gasteiger partial charge in [0.15, 0.2) is 0 Å². The third-order valence-corrected chi connectivity index (χ3v) is 30.6. The zero-order chi connectivity index (χ0) is 57.1. The Morgan fingerprint density at radius 2 is 0.193 bits per heavy atom. The quantitative estimate of drug-likeness (QED) is 0.0497. The first kappa shape index (κ1) is 71.9. The van der Waals surface area contributed by atoms with Crippen LogP contribution in [0.4, 0.5) is 0 Å². The van der Waals surface area contributed by atoms with Crippen molar-refractivity contribution >= 4 is 111 Å². The van der Waals surface area contributed by atoms with E-state index in [1.807, 2.05) is 0 Å². The Kier molecular flexibility index (Phi) is 33.1. The molecule has 0 bridgehead atoms. The molecule has 0 spiro atoms. The van der Waals surface area contributed by atoms with Crippen LogP contribution in [0.15, 0.2) is 364 Å². The van der Waals surface area contributed by atoms with Crippen molar-refractivity contribution in [2.75, 3.05) is 37.0 Å². The minimum atomic E-state index is -0.348. The first-order chi connectivity index (χ1) is 41.7. The second-order valence-electron chi connectivity index (χ2n) is 19.9. The fourth-order valence-corrected chi connectivity index (χ4v) is 26.4. The van der Waals surface area contributed by atoms with Crippen molar-refractivity contribution in [1.29, 1.82) is 0 Å². The molecule has 0 aliphatic heterocycles. The molecule has 0 aliphatic rings. The van der Waals surface area contributed by atoms with Gasteiger partial charge in [-0.05, 0) is 148 Å². The number of hydrogen-bond donors (Lipinski definition) is 0. The maximum Gasteiger partial charge on any atom is 1.00 e. The van der Waals surface area contributed by atoms with Crippen molar-refractivity contribution in [3.63, 3.8) is 0 Å². The van der Waals surface area contributed by atoms with Gasteiger partial charge in [0.25, 0.3) is 0 Å². The van der Waals surface area contributed by atoms with Gasteiger partial charge >= 0.3 is 34.1 Å². The van der Waals surface area contributed by atoms with E-state index < -0.39 is 0 Å². The first-order valence-electron chi connectivity index (χ1n) is 29.0. The van der Waals surface area contributed by atoms with Crippen LogP contribution in [0.5, 0.6) is 0 Å². The van der Waals surface area contributed by atoms with Gasteiger partial charge in [0.2, 0.25) is 0 Å². The second-order valence-corrected chi connectivity index (χ2v) is 34.0. The summed E-state index contributed by atoms with van der Waals surface area (Å²) in [5, 5.41) is 17.7. The van der Waals surface area contributed by atoms with Crippen LogP contribution in [-0.4, -0.2) is 37.0 Å². The molecule has 0 aliphatic carbocycles. The van der Waals surface area contributed by atoms with E-state index in [1.165, 1.54) is 101 Å². The summed E-state index contributed by atoms with van der Waals surface area (Å²) < 4.78 is 0. The molecule has 12 rings (SSSR count). The molecule has 0 N–H and O–H groups in total. The van der Waals surface area contributed by atoms with Gasteiger partial charge in [0.1, 0.15) is 0 Å². The van der Waals surface area contributed by atoms with Crippen LogP contribution in [0.3, 0.4) is 0 Å². The molecular formula is C78H72Cl2Cu2P6. The minimum Gasteiger partial charge on any atom is -1.00 e. The third-order valence-electron chi connectivity index (χ3n) is 14.5. The van der Waals surface area contributed by atoms with Crippen LogP contribution in [0.2, 0.25) is 0 Å². The topological polar surface area (TPSA) is 0 Å². The fraction of sp³-hybridized carbons (Fsp3) is 0.0769. The van der Waals surface area contributed by atoms with Crippen LogP contribution >= 0.6 is 47.5 Å². The van der Waals surface area contributed by atoms with Crippen molar-refractivity contribution in [2.45, 2.75) is 0 Å². The average Bonchev–Trinajstić information content (AvgIpc) is 3.67. The van der Waals surface area contributed by atoms with Gasteiger partial charge in [0, 0.05) is 0 Å². The summed E-state index contributed by atoms with van der Waals surface area (Å²) in [5.41, 5.74) is 0. The summed E-state index contributed by atoms with van der Waals surface area (Å²) in [6, 6.07) is 133. The molecule has 0 aromatic heterocycles. The second kappa shape index (κ2) is 40.6. The molecule has 88 heavy (non-hydrogen) atoms. The molecule has 0 saturated carbocycles. The summed E-state index contributed by atoms with van der Waals surface area (Å²) in [7, 11) is -2.09. The predicted molar refractivity (Wildman–Crippen MR) is 384 cm³/mol. The molecule has 10 heteroatoms. The Hall–Kier alpha value is -5.16. The SMILES string of the molecule is [Cl-].[Cl-].[Cu+].[Cu+].c1ccc(P(CCP(c2ccccc2)c2ccccc2)c2ccccc2)cc1.c1ccc(P(CCP(c2ccccc2)c2ccccc2)c2ccccc2)cc1.c1ccc(P(CCP(c2ccccc2)c2ccccc2)c2ccccc2)cc1. The van der Waals surface area contributed by atoms with E-state index in [0.29, 0.717) is 0 Å². The van der Waals surface area contributed by atoms with Gasteiger partial charge < -0.3 is 24.8 Å². The van der Waals surface area contributed by atoms with Gasteiger partial charge in [-0.2, -0.15) is 0 Å². The van der Waals surface area contributed by atoms with Crippen molar-refractivity contribution in [3.05, 3.63) is 364 Å². The monoisotopic (exact) mass is 1390 g/mol. The van der Waals surface area contributed by atoms with Crippen molar-refractivity contribution < 1.29 is 59.0 Å². The number of rotatable bonds is 21. The third kappa shape index (κ3) is 21.8. The van der Waals surface area contributed by atoms with Crippen LogP contribution in [0.25, 0.3) is 0 Å². The molecule has 0 atom stereocenters. The number of halogens is 2. The van der Waals surface area contributed by atoms with E-state index in [1.54, 1.807) is 0 Å². The van der Waals surface area contributed by atoms with E-state index >= 15 is 0 Å². The smallest absolute Gasteiger partial charge is 1.00 e. The maximum absolute atomic E-state index is 2.30. The summed E-state index contributed by atoms with van der Waals surface area (Å²) in [6.45, 7) is 0. The van der Waals surface area contributed by atoms with Crippen molar-refractivity contribution in [2.24, 2.45) is 0 Å². The molecule has 12 aromatic rings. The number of benzene rings is 12. The molecule has 0 nitrogen and oxygen atoms in total. The Bertz CT molecular complexity index is 2800. The molecule has 450 valence electrons. The Morgan fingerprint density at radius 3 is 0.261 bits per heavy atom. The zero-order valence-corrected chi connectivity index (χ0v) is 57.7. The molecule has 0 radical (unpaired) electrons. The van der Waals surface area contributed by atoms with E-state index in [-0.39, 0.29) is 106 Å². The Labute approximate surface area is 566 Å². The summed E-state index contributed by atoms with van der Waals surface area (Å²) in [5.74, 6) is 0. The Balaban J connectivity index is 0.000000206. The van der Waals surface area contributed by atoms with E-state index in [9.17, 15) is 0 Å². The molecule has 0 heterocycles. The molecule has 0 fully saturated rings. The zero-order valence-electron chi connectivity index (χ0n) is 48.9. The molecule has 0 saturated heterocycles. The van der Waals surface area contributed by atoms with Crippen LogP contribution < -0.4 is 88.5 Å². The van der Waals surface area contributed by atoms with E-state index in [2.05, 4.69) is 364 Å². The van der Waals surface area contributed by atoms with Crippen LogP contribution in [0, 0.1) is 0 Å². The van der Waals surface area contributed by atoms with Crippen molar-refractivity contribution in [1.82, 2.24) is 0 Å². The standard InChI is InChI=1S/3C26H24P2.2ClH.2Cu/c3*1-5-13-23(14-6-1)27(24-15-7-2-8-16-24)21-22-28(25-17-9-3-10-18-25)26-19-11-4-12-20-26;;;;/h3*1-20H,21-22H2;2*1H;;/q;;;;;2*+1/p-2. The molecule has 0 unspecified atom stereocenters. The van der Waals surface area contributed by atoms with Gasteiger partial charge in [-0.15, -0.1) is 0 Å². The van der Waals surface area contributed by atoms with Gasteiger partial charge in [-0.1, -0.05) is 364 Å².